The van der Waals surface area contributed by atoms with Crippen LogP contribution in [0.1, 0.15) is 53.4 Å². The van der Waals surface area contributed by atoms with E-state index < -0.39 is 19.7 Å². The molecule has 0 atom stereocenters. The van der Waals surface area contributed by atoms with Crippen LogP contribution in [0.5, 0.6) is 23.0 Å². The number of rotatable bonds is 17. The summed E-state index contributed by atoms with van der Waals surface area (Å²) in [6.45, 7) is 8.36. The molecule has 0 spiro atoms. The van der Waals surface area contributed by atoms with Crippen molar-refractivity contribution in [3.8, 4) is 23.0 Å². The molecule has 0 bridgehead atoms. The second-order valence-corrected chi connectivity index (χ2v) is 15.1. The van der Waals surface area contributed by atoms with Gasteiger partial charge < -0.3 is 18.9 Å². The molecule has 0 fully saturated rings. The van der Waals surface area contributed by atoms with Gasteiger partial charge in [-0.05, 0) is 126 Å². The lowest BCUT2D eigenvalue weighted by Crippen LogP contribution is -2.08. The maximum Gasteiger partial charge on any atom is 0.210 e. The molecule has 0 amide bonds. The molecular weight excluding hydrogens is 625 g/mol. The van der Waals surface area contributed by atoms with E-state index in [1.54, 1.807) is 97.1 Å². The van der Waals surface area contributed by atoms with Crippen molar-refractivity contribution in [2.45, 2.75) is 85.2 Å². The minimum absolute atomic E-state index is 0.00974. The molecule has 46 heavy (non-hydrogen) atoms. The van der Waals surface area contributed by atoms with Crippen LogP contribution < -0.4 is 18.9 Å². The SMILES string of the molecule is CC(C)Oc1ccc(S(=O)(=O)c2ccccc2OCCCCCCOc2ccccc2S(=O)(=O)c2ccc(OC(C)C)cc2)cc1. The van der Waals surface area contributed by atoms with Gasteiger partial charge in [0.2, 0.25) is 19.7 Å². The van der Waals surface area contributed by atoms with E-state index in [9.17, 15) is 16.8 Å². The molecule has 0 saturated carbocycles. The molecule has 0 aliphatic carbocycles. The van der Waals surface area contributed by atoms with Crippen LogP contribution in [0.25, 0.3) is 0 Å². The Morgan fingerprint density at radius 3 is 1.17 bits per heavy atom. The highest BCUT2D eigenvalue weighted by Crippen LogP contribution is 2.32. The monoisotopic (exact) mass is 666 g/mol. The Hall–Kier alpha value is -4.02. The van der Waals surface area contributed by atoms with Crippen molar-refractivity contribution in [3.05, 3.63) is 97.1 Å². The van der Waals surface area contributed by atoms with Gasteiger partial charge in [0, 0.05) is 0 Å². The van der Waals surface area contributed by atoms with Crippen molar-refractivity contribution in [2.24, 2.45) is 0 Å². The number of unbranched alkanes of at least 4 members (excludes halogenated alkanes) is 3. The summed E-state index contributed by atoms with van der Waals surface area (Å²) >= 11 is 0. The topological polar surface area (TPSA) is 105 Å². The summed E-state index contributed by atoms with van der Waals surface area (Å²) in [5.41, 5.74) is 0. The number of sulfone groups is 2. The van der Waals surface area contributed by atoms with Crippen LogP contribution in [-0.4, -0.2) is 42.3 Å². The van der Waals surface area contributed by atoms with E-state index in [2.05, 4.69) is 0 Å². The van der Waals surface area contributed by atoms with Crippen molar-refractivity contribution in [2.75, 3.05) is 13.2 Å². The second-order valence-electron chi connectivity index (χ2n) is 11.3. The molecule has 4 aromatic carbocycles. The zero-order chi connectivity index (χ0) is 33.2. The average molecular weight is 667 g/mol. The molecule has 0 aliphatic rings. The molecule has 0 unspecified atom stereocenters. The van der Waals surface area contributed by atoms with Gasteiger partial charge in [-0.3, -0.25) is 0 Å². The van der Waals surface area contributed by atoms with Gasteiger partial charge >= 0.3 is 0 Å². The largest absolute Gasteiger partial charge is 0.492 e. The molecule has 0 aliphatic heterocycles. The Balaban J connectivity index is 1.25. The van der Waals surface area contributed by atoms with E-state index in [1.807, 2.05) is 27.7 Å². The quantitative estimate of drug-likeness (QED) is 0.105. The third-order valence-corrected chi connectivity index (χ3v) is 10.5. The maximum absolute atomic E-state index is 13.3. The predicted octanol–water partition coefficient (Wildman–Crippen LogP) is 7.94. The summed E-state index contributed by atoms with van der Waals surface area (Å²) in [6.07, 6.45) is 3.09. The molecule has 4 rings (SSSR count). The Labute approximate surface area is 273 Å². The Morgan fingerprint density at radius 2 is 0.826 bits per heavy atom. The Kier molecular flexibility index (Phi) is 12.1. The van der Waals surface area contributed by atoms with Crippen molar-refractivity contribution < 1.29 is 35.8 Å². The Morgan fingerprint density at radius 1 is 0.478 bits per heavy atom. The molecule has 8 nitrogen and oxygen atoms in total. The summed E-state index contributed by atoms with van der Waals surface area (Å²) in [5, 5.41) is 0. The highest BCUT2D eigenvalue weighted by atomic mass is 32.2. The minimum Gasteiger partial charge on any atom is -0.492 e. The first kappa shape index (κ1) is 34.8. The van der Waals surface area contributed by atoms with Crippen LogP contribution in [-0.2, 0) is 19.7 Å². The van der Waals surface area contributed by atoms with Gasteiger partial charge in [0.05, 0.1) is 35.2 Å². The second kappa shape index (κ2) is 16.0. The lowest BCUT2D eigenvalue weighted by atomic mass is 10.2. The van der Waals surface area contributed by atoms with E-state index in [4.69, 9.17) is 18.9 Å². The number of ether oxygens (including phenoxy) is 4. The lowest BCUT2D eigenvalue weighted by molar-refractivity contribution is 0.242. The number of hydrogen-bond donors (Lipinski definition) is 0. The van der Waals surface area contributed by atoms with Crippen molar-refractivity contribution in [1.29, 1.82) is 0 Å². The van der Waals surface area contributed by atoms with Crippen LogP contribution in [0, 0.1) is 0 Å². The summed E-state index contributed by atoms with van der Waals surface area (Å²) in [4.78, 5) is 0.579. The van der Waals surface area contributed by atoms with E-state index >= 15 is 0 Å². The maximum atomic E-state index is 13.3. The van der Waals surface area contributed by atoms with Gasteiger partial charge in [0.1, 0.15) is 32.8 Å². The first-order valence-electron chi connectivity index (χ1n) is 15.5. The first-order valence-corrected chi connectivity index (χ1v) is 18.4. The van der Waals surface area contributed by atoms with Crippen molar-refractivity contribution in [3.63, 3.8) is 0 Å². The molecule has 246 valence electrons. The summed E-state index contributed by atoms with van der Waals surface area (Å²) < 4.78 is 76.5. The van der Waals surface area contributed by atoms with E-state index in [0.717, 1.165) is 25.7 Å². The molecule has 4 aromatic rings. The molecule has 0 heterocycles. The minimum atomic E-state index is -3.78. The van der Waals surface area contributed by atoms with Gasteiger partial charge in [-0.1, -0.05) is 24.3 Å². The standard InChI is InChI=1S/C36H42O8S2/c1-27(2)43-29-17-21-31(22-18-29)45(37,38)35-15-9-7-13-33(35)41-25-11-5-6-12-26-42-34-14-8-10-16-36(34)46(39,40)32-23-19-30(20-24-32)44-28(3)4/h7-10,13-24,27-28H,5-6,11-12,25-26H2,1-4H3. The van der Waals surface area contributed by atoms with Crippen LogP contribution in [0.3, 0.4) is 0 Å². The highest BCUT2D eigenvalue weighted by Gasteiger charge is 2.23. The Bertz CT molecular complexity index is 1630. The fraction of sp³-hybridized carbons (Fsp3) is 0.333. The van der Waals surface area contributed by atoms with Gasteiger partial charge in [-0.2, -0.15) is 0 Å². The predicted molar refractivity (Wildman–Crippen MR) is 178 cm³/mol. The fourth-order valence-electron chi connectivity index (χ4n) is 4.70. The number of benzene rings is 4. The van der Waals surface area contributed by atoms with Crippen molar-refractivity contribution >= 4 is 19.7 Å². The van der Waals surface area contributed by atoms with Gasteiger partial charge in [0.25, 0.3) is 0 Å². The van der Waals surface area contributed by atoms with Crippen LogP contribution >= 0.6 is 0 Å². The fourth-order valence-corrected chi connectivity index (χ4v) is 7.49. The molecule has 0 N–H and O–H groups in total. The van der Waals surface area contributed by atoms with Crippen LogP contribution in [0.2, 0.25) is 0 Å². The molecule has 0 aromatic heterocycles. The molecule has 0 radical (unpaired) electrons. The van der Waals surface area contributed by atoms with Gasteiger partial charge in [-0.15, -0.1) is 0 Å². The van der Waals surface area contributed by atoms with Gasteiger partial charge in [-0.25, -0.2) is 16.8 Å². The van der Waals surface area contributed by atoms with Crippen LogP contribution in [0.15, 0.2) is 117 Å². The smallest absolute Gasteiger partial charge is 0.210 e. The first-order chi connectivity index (χ1) is 22.0. The number of hydrogen-bond acceptors (Lipinski definition) is 8. The van der Waals surface area contributed by atoms with Crippen LogP contribution in [0.4, 0.5) is 0 Å². The third kappa shape index (κ3) is 9.26. The summed E-state index contributed by atoms with van der Waals surface area (Å²) in [5.74, 6) is 1.84. The summed E-state index contributed by atoms with van der Waals surface area (Å²) in [6, 6.07) is 26.1. The normalized spacial score (nSPS) is 11.9. The van der Waals surface area contributed by atoms with E-state index in [1.165, 1.54) is 0 Å². The average Bonchev–Trinajstić information content (AvgIpc) is 3.02. The highest BCUT2D eigenvalue weighted by molar-refractivity contribution is 7.92. The lowest BCUT2D eigenvalue weighted by Gasteiger charge is -2.14. The molecule has 0 saturated heterocycles. The zero-order valence-corrected chi connectivity index (χ0v) is 28.4. The third-order valence-electron chi connectivity index (χ3n) is 6.84. The zero-order valence-electron chi connectivity index (χ0n) is 26.7. The van der Waals surface area contributed by atoms with Gasteiger partial charge in [0.15, 0.2) is 0 Å². The summed E-state index contributed by atoms with van der Waals surface area (Å²) in [7, 11) is -7.56. The molecule has 10 heteroatoms. The molecular formula is C36H42O8S2. The number of para-hydroxylation sites is 2. The van der Waals surface area contributed by atoms with Crippen molar-refractivity contribution in [1.82, 2.24) is 0 Å². The van der Waals surface area contributed by atoms with E-state index in [-0.39, 0.29) is 31.8 Å². The van der Waals surface area contributed by atoms with E-state index in [0.29, 0.717) is 36.2 Å².